The van der Waals surface area contributed by atoms with Crippen LogP contribution in [0.25, 0.3) is 11.1 Å². The van der Waals surface area contributed by atoms with E-state index in [4.69, 9.17) is 18.9 Å². The number of carbonyl (C=O) groups is 4. The molecule has 1 N–H and O–H groups in total. The SMILES string of the molecule is C=C1COc2ccc3cc2-c2cc(ccc2OC1)[C@H](N(C)C(=O)OCc1ccccc1)C(=O)C[C@@H](C)C(=O)N[C@H](C(=O)OC)C3. The van der Waals surface area contributed by atoms with Gasteiger partial charge in [-0.3, -0.25) is 14.5 Å². The van der Waals surface area contributed by atoms with Crippen molar-refractivity contribution in [3.05, 3.63) is 95.6 Å². The second-order valence-electron chi connectivity index (χ2n) is 11.3. The minimum atomic E-state index is -1.09. The van der Waals surface area contributed by atoms with Gasteiger partial charge in [-0.25, -0.2) is 9.59 Å². The molecule has 3 aromatic carbocycles. The highest BCUT2D eigenvalue weighted by atomic mass is 16.6. The number of hydrogen-bond donors (Lipinski definition) is 1. The number of benzene rings is 3. The van der Waals surface area contributed by atoms with Gasteiger partial charge in [0, 0.05) is 36.9 Å². The van der Waals surface area contributed by atoms with Crippen molar-refractivity contribution in [1.29, 1.82) is 0 Å². The molecule has 45 heavy (non-hydrogen) atoms. The van der Waals surface area contributed by atoms with E-state index < -0.39 is 36.0 Å². The van der Waals surface area contributed by atoms with E-state index in [9.17, 15) is 19.2 Å². The summed E-state index contributed by atoms with van der Waals surface area (Å²) in [6.07, 6.45) is -0.760. The number of Topliss-reactive ketones (excluding diaryl/α,β-unsaturated/α-hetero) is 1. The van der Waals surface area contributed by atoms with Crippen LogP contribution in [-0.2, 0) is 36.9 Å². The first-order valence-electron chi connectivity index (χ1n) is 14.7. The van der Waals surface area contributed by atoms with Gasteiger partial charge in [-0.2, -0.15) is 0 Å². The van der Waals surface area contributed by atoms with Crippen molar-refractivity contribution in [2.45, 2.75) is 38.5 Å². The van der Waals surface area contributed by atoms with Gasteiger partial charge in [0.15, 0.2) is 5.78 Å². The summed E-state index contributed by atoms with van der Waals surface area (Å²) in [5.41, 5.74) is 4.05. The Balaban J connectivity index is 1.62. The third kappa shape index (κ3) is 7.17. The van der Waals surface area contributed by atoms with Gasteiger partial charge >= 0.3 is 12.1 Å². The molecule has 0 spiro atoms. The number of carbonyl (C=O) groups excluding carboxylic acids is 4. The largest absolute Gasteiger partial charge is 0.488 e. The number of fused-ring (bicyclic) bond motifs is 2. The molecule has 4 bridgehead atoms. The summed E-state index contributed by atoms with van der Waals surface area (Å²) in [6.45, 7) is 6.11. The topological polar surface area (TPSA) is 120 Å². The van der Waals surface area contributed by atoms with Gasteiger partial charge in [-0.1, -0.05) is 56.0 Å². The van der Waals surface area contributed by atoms with Gasteiger partial charge in [0.05, 0.1) is 7.11 Å². The normalized spacial score (nSPS) is 19.8. The quantitative estimate of drug-likeness (QED) is 0.330. The lowest BCUT2D eigenvalue weighted by Crippen LogP contribution is -2.46. The fourth-order valence-electron chi connectivity index (χ4n) is 5.44. The van der Waals surface area contributed by atoms with E-state index in [1.807, 2.05) is 42.5 Å². The van der Waals surface area contributed by atoms with Crippen LogP contribution in [0.4, 0.5) is 4.79 Å². The van der Waals surface area contributed by atoms with Crippen molar-refractivity contribution in [3.8, 4) is 22.6 Å². The highest BCUT2D eigenvalue weighted by Crippen LogP contribution is 2.41. The third-order valence-electron chi connectivity index (χ3n) is 7.90. The van der Waals surface area contributed by atoms with Gasteiger partial charge in [0.2, 0.25) is 5.91 Å². The Labute approximate surface area is 261 Å². The predicted molar refractivity (Wildman–Crippen MR) is 166 cm³/mol. The zero-order chi connectivity index (χ0) is 32.1. The fourth-order valence-corrected chi connectivity index (χ4v) is 5.44. The fraction of sp³-hybridized carbons (Fsp3) is 0.314. The number of rotatable bonds is 4. The average molecular weight is 613 g/mol. The van der Waals surface area contributed by atoms with Gasteiger partial charge < -0.3 is 24.3 Å². The molecule has 10 nitrogen and oxygen atoms in total. The van der Waals surface area contributed by atoms with E-state index >= 15 is 0 Å². The number of nitrogens with zero attached hydrogens (tertiary/aromatic N) is 1. The Hall–Kier alpha value is -5.12. The van der Waals surface area contributed by atoms with Crippen LogP contribution >= 0.6 is 0 Å². The maximum absolute atomic E-state index is 14.0. The van der Waals surface area contributed by atoms with Crippen LogP contribution in [0.1, 0.15) is 36.1 Å². The number of methoxy groups -OCH3 is 1. The lowest BCUT2D eigenvalue weighted by molar-refractivity contribution is -0.145. The molecule has 0 aromatic heterocycles. The number of ketones is 1. The summed E-state index contributed by atoms with van der Waals surface area (Å²) in [5, 5.41) is 2.75. The van der Waals surface area contributed by atoms with Crippen molar-refractivity contribution in [3.63, 3.8) is 0 Å². The van der Waals surface area contributed by atoms with Gasteiger partial charge in [0.1, 0.15) is 43.4 Å². The molecular formula is C35H36N2O8. The minimum absolute atomic E-state index is 0.0219. The van der Waals surface area contributed by atoms with Gasteiger partial charge in [0.25, 0.3) is 0 Å². The second-order valence-corrected chi connectivity index (χ2v) is 11.3. The van der Waals surface area contributed by atoms with E-state index in [-0.39, 0.29) is 38.4 Å². The second kappa shape index (κ2) is 13.7. The Morgan fingerprint density at radius 1 is 0.956 bits per heavy atom. The number of hydrogen-bond acceptors (Lipinski definition) is 8. The van der Waals surface area contributed by atoms with Crippen LogP contribution in [-0.4, -0.2) is 62.1 Å². The number of ether oxygens (including phenoxy) is 4. The van der Waals surface area contributed by atoms with Crippen LogP contribution in [0.15, 0.2) is 78.9 Å². The summed E-state index contributed by atoms with van der Waals surface area (Å²) in [6, 6.07) is 17.9. The van der Waals surface area contributed by atoms with E-state index in [2.05, 4.69) is 11.9 Å². The minimum Gasteiger partial charge on any atom is -0.488 e. The van der Waals surface area contributed by atoms with Crippen LogP contribution in [0.2, 0.25) is 0 Å². The summed E-state index contributed by atoms with van der Waals surface area (Å²) in [5.74, 6) is -1.22. The molecular weight excluding hydrogens is 576 g/mol. The first-order valence-corrected chi connectivity index (χ1v) is 14.7. The standard InChI is InChI=1S/C35H36N2O8/c1-21-18-43-30-12-10-24-15-26(30)27-17-25(11-13-31(27)44-19-21)32(37(3)35(41)45-20-23-8-6-5-7-9-23)29(38)14-22(2)33(39)36-28(16-24)34(40)42-4/h5-13,15,17,22,28,32H,1,14,16,18-20H2,2-4H3,(H,36,39)/t22-,28+,32+/m1/s1. The molecule has 0 aliphatic carbocycles. The van der Waals surface area contributed by atoms with Crippen molar-refractivity contribution in [1.82, 2.24) is 10.2 Å². The van der Waals surface area contributed by atoms with Gasteiger partial charge in [-0.15, -0.1) is 0 Å². The van der Waals surface area contributed by atoms with E-state index in [0.29, 0.717) is 28.2 Å². The summed E-state index contributed by atoms with van der Waals surface area (Å²) >= 11 is 0. The van der Waals surface area contributed by atoms with Crippen LogP contribution < -0.4 is 14.8 Å². The number of esters is 1. The van der Waals surface area contributed by atoms with Crippen LogP contribution in [0, 0.1) is 5.92 Å². The Morgan fingerprint density at radius 3 is 2.31 bits per heavy atom. The predicted octanol–water partition coefficient (Wildman–Crippen LogP) is 4.80. The molecule has 0 unspecified atom stereocenters. The number of amides is 2. The Morgan fingerprint density at radius 2 is 1.62 bits per heavy atom. The first kappa shape index (κ1) is 31.3. The molecule has 0 radical (unpaired) electrons. The molecule has 0 saturated carbocycles. The molecule has 2 aliphatic rings. The monoisotopic (exact) mass is 612 g/mol. The Bertz CT molecular complexity index is 1620. The molecule has 3 aromatic rings. The van der Waals surface area contributed by atoms with E-state index in [1.54, 1.807) is 31.2 Å². The summed E-state index contributed by atoms with van der Waals surface area (Å²) in [7, 11) is 2.75. The van der Waals surface area contributed by atoms with E-state index in [0.717, 1.165) is 16.7 Å². The zero-order valence-corrected chi connectivity index (χ0v) is 25.5. The van der Waals surface area contributed by atoms with Gasteiger partial charge in [-0.05, 0) is 46.5 Å². The molecule has 10 heteroatoms. The molecule has 2 aliphatic heterocycles. The van der Waals surface area contributed by atoms with Crippen molar-refractivity contribution in [2.24, 2.45) is 5.92 Å². The molecule has 0 fully saturated rings. The molecule has 2 heterocycles. The maximum atomic E-state index is 14.0. The van der Waals surface area contributed by atoms with Crippen LogP contribution in [0.3, 0.4) is 0 Å². The van der Waals surface area contributed by atoms with E-state index in [1.165, 1.54) is 19.1 Å². The summed E-state index contributed by atoms with van der Waals surface area (Å²) < 4.78 is 22.8. The number of likely N-dealkylation sites (N-methyl/N-ethyl adjacent to an activating group) is 1. The number of nitrogens with one attached hydrogen (secondary N) is 1. The average Bonchev–Trinajstić information content (AvgIpc) is 3.11. The lowest BCUT2D eigenvalue weighted by atomic mass is 9.90. The van der Waals surface area contributed by atoms with Crippen LogP contribution in [0.5, 0.6) is 11.5 Å². The molecule has 3 atom stereocenters. The molecule has 2 amide bonds. The smallest absolute Gasteiger partial charge is 0.410 e. The highest BCUT2D eigenvalue weighted by Gasteiger charge is 2.34. The van der Waals surface area contributed by atoms with Crippen molar-refractivity contribution in [2.75, 3.05) is 27.4 Å². The zero-order valence-electron chi connectivity index (χ0n) is 25.5. The molecule has 5 rings (SSSR count). The van der Waals surface area contributed by atoms with Crippen molar-refractivity contribution < 1.29 is 38.1 Å². The molecule has 234 valence electrons. The first-order chi connectivity index (χ1) is 21.6. The summed E-state index contributed by atoms with van der Waals surface area (Å²) in [4.78, 5) is 54.6. The maximum Gasteiger partial charge on any atom is 0.410 e. The van der Waals surface area contributed by atoms with Crippen molar-refractivity contribution >= 4 is 23.8 Å². The third-order valence-corrected chi connectivity index (χ3v) is 7.90. The molecule has 0 saturated heterocycles. The Kier molecular flexibility index (Phi) is 9.51. The highest BCUT2D eigenvalue weighted by molar-refractivity contribution is 5.94. The lowest BCUT2D eigenvalue weighted by Gasteiger charge is -2.29.